The molecule has 3 amide bonds. The molecular weight excluding hydrogens is 1150 g/mol. The highest BCUT2D eigenvalue weighted by Crippen LogP contribution is 2.47. The van der Waals surface area contributed by atoms with Crippen LogP contribution in [0, 0.1) is 0 Å². The number of rotatable bonds is 28. The van der Waals surface area contributed by atoms with Crippen LogP contribution in [0.2, 0.25) is 10.0 Å². The maximum Gasteiger partial charge on any atom is 0.317 e. The van der Waals surface area contributed by atoms with Crippen molar-refractivity contribution in [2.24, 2.45) is 0 Å². The Labute approximate surface area is 504 Å². The van der Waals surface area contributed by atoms with Gasteiger partial charge < -0.3 is 68.8 Å². The van der Waals surface area contributed by atoms with E-state index in [1.807, 2.05) is 47.9 Å². The zero-order valence-corrected chi connectivity index (χ0v) is 50.2. The van der Waals surface area contributed by atoms with Gasteiger partial charge in [0.1, 0.15) is 24.4 Å². The van der Waals surface area contributed by atoms with E-state index >= 15 is 0 Å². The van der Waals surface area contributed by atoms with Crippen LogP contribution in [0.1, 0.15) is 36.3 Å². The minimum atomic E-state index is -0.978. The third kappa shape index (κ3) is 21.0. The number of nitrogens with zero attached hydrogens (tertiary/aromatic N) is 7. The summed E-state index contributed by atoms with van der Waals surface area (Å²) in [7, 11) is 2.57. The van der Waals surface area contributed by atoms with Gasteiger partial charge in [0.05, 0.1) is 123 Å². The molecule has 0 radical (unpaired) electrons. The number of carboxylic acids is 2. The van der Waals surface area contributed by atoms with Crippen molar-refractivity contribution < 1.29 is 77.2 Å². The molecule has 3 aliphatic heterocycles. The SMILES string of the molecule is CO.COc1cc2c(cc1-c1cccc(NC(=O)CCOCCOCCOCCOCCNC(=O)CN3CCN(CC(=O)O)CCN(CC=O)CCN(CC(=O)O)CC3)c1)-c1c(c(C(=O)N3CCOCC3(C)C)nn1-c1cc(Cl)cc(Cl)c1)CO2. The Kier molecular flexibility index (Phi) is 27.7. The maximum atomic E-state index is 14.4. The van der Waals surface area contributed by atoms with Gasteiger partial charge in [0, 0.05) is 111 Å². The number of amides is 3. The molecule has 0 unspecified atom stereocenters. The lowest BCUT2D eigenvalue weighted by molar-refractivity contribution is -0.139. The van der Waals surface area contributed by atoms with E-state index in [0.29, 0.717) is 160 Å². The number of halogens is 2. The molecule has 466 valence electrons. The second kappa shape index (κ2) is 34.7. The number of carbonyl (C=O) groups is 6. The van der Waals surface area contributed by atoms with E-state index in [2.05, 4.69) is 10.6 Å². The van der Waals surface area contributed by atoms with Gasteiger partial charge in [-0.15, -0.1) is 0 Å². The summed E-state index contributed by atoms with van der Waals surface area (Å²) >= 11 is 13.0. The topological polar surface area (TPSA) is 286 Å². The summed E-state index contributed by atoms with van der Waals surface area (Å²) in [6.07, 6.45) is 0.883. The quantitative estimate of drug-likeness (QED) is 0.0402. The standard InChI is InChI=1S/C57H75Cl2N9O15.CH4O/c1-57(2)39-82-22-18-67(57)56(76)54-47-38-83-49-34-48(77-3)45(33-46(49)55(47)68(62-54)44-31-41(58)30-42(59)32-44)40-5-4-6-43(29-40)61-50(70)7-20-78-23-25-80-27-28-81-26-24-79-21-8-60-51(71)35-64-13-15-65(36-52(72)73)11-9-63(17-19-69)10-12-66(16-14-64)37-53(74)75;1-2/h4-6,19,29-34H,7-18,20-28,35-39H2,1-3H3,(H,60,71)(H,61,70)(H,72,73)(H,74,75);2H,1H3. The molecule has 0 bridgehead atoms. The molecule has 5 N–H and O–H groups in total. The van der Waals surface area contributed by atoms with Crippen LogP contribution in [0.15, 0.2) is 54.6 Å². The van der Waals surface area contributed by atoms with Gasteiger partial charge in [-0.1, -0.05) is 35.3 Å². The van der Waals surface area contributed by atoms with Crippen LogP contribution in [0.5, 0.6) is 11.5 Å². The Morgan fingerprint density at radius 2 is 1.28 bits per heavy atom. The van der Waals surface area contributed by atoms with Gasteiger partial charge in [-0.2, -0.15) is 5.10 Å². The summed E-state index contributed by atoms with van der Waals surface area (Å²) in [5.41, 5.74) is 4.15. The fourth-order valence-corrected chi connectivity index (χ4v) is 10.3. The lowest BCUT2D eigenvalue weighted by Gasteiger charge is -2.41. The van der Waals surface area contributed by atoms with Crippen LogP contribution >= 0.6 is 23.2 Å². The normalized spacial score (nSPS) is 16.1. The van der Waals surface area contributed by atoms with Gasteiger partial charge in [-0.3, -0.25) is 43.6 Å². The van der Waals surface area contributed by atoms with E-state index in [1.54, 1.807) is 56.8 Å². The first kappa shape index (κ1) is 67.8. The average Bonchev–Trinajstić information content (AvgIpc) is 1.80. The number of hydrogen-bond donors (Lipinski definition) is 5. The number of nitrogens with one attached hydrogen (secondary N) is 2. The first-order valence-corrected chi connectivity index (χ1v) is 28.8. The second-order valence-electron chi connectivity index (χ2n) is 20.6. The number of ether oxygens (including phenoxy) is 7. The molecule has 2 fully saturated rings. The molecule has 0 aliphatic carbocycles. The van der Waals surface area contributed by atoms with E-state index in [0.717, 1.165) is 19.0 Å². The molecule has 1 aromatic heterocycles. The number of fused-ring (bicyclic) bond motifs is 3. The van der Waals surface area contributed by atoms with Crippen molar-refractivity contribution in [2.45, 2.75) is 32.4 Å². The molecule has 27 heteroatoms. The third-order valence-electron chi connectivity index (χ3n) is 14.1. The monoisotopic (exact) mass is 1230 g/mol. The van der Waals surface area contributed by atoms with Crippen molar-refractivity contribution in [1.29, 1.82) is 0 Å². The van der Waals surface area contributed by atoms with Crippen LogP contribution in [-0.4, -0.2) is 263 Å². The van der Waals surface area contributed by atoms with E-state index in [1.165, 1.54) is 0 Å². The molecule has 0 atom stereocenters. The lowest BCUT2D eigenvalue weighted by Crippen LogP contribution is -2.55. The number of carboxylic acid groups (broad SMARTS) is 2. The number of benzene rings is 3. The highest BCUT2D eigenvalue weighted by molar-refractivity contribution is 6.34. The van der Waals surface area contributed by atoms with Gasteiger partial charge in [0.25, 0.3) is 5.91 Å². The molecule has 3 aromatic carbocycles. The van der Waals surface area contributed by atoms with Gasteiger partial charge in [-0.05, 0) is 55.8 Å². The lowest BCUT2D eigenvalue weighted by atomic mass is 9.95. The van der Waals surface area contributed by atoms with Crippen LogP contribution in [-0.2, 0) is 54.3 Å². The van der Waals surface area contributed by atoms with Crippen molar-refractivity contribution >= 4 is 64.8 Å². The van der Waals surface area contributed by atoms with Crippen LogP contribution < -0.4 is 20.1 Å². The number of morpholine rings is 1. The van der Waals surface area contributed by atoms with Crippen molar-refractivity contribution in [3.05, 3.63) is 75.9 Å². The van der Waals surface area contributed by atoms with Crippen LogP contribution in [0.4, 0.5) is 5.69 Å². The minimum Gasteiger partial charge on any atom is -0.496 e. The number of carbonyl (C=O) groups excluding carboxylic acids is 4. The smallest absolute Gasteiger partial charge is 0.317 e. The summed E-state index contributed by atoms with van der Waals surface area (Å²) in [6.45, 7) is 10.7. The minimum absolute atomic E-state index is 0.0371. The number of aliphatic hydroxyl groups excluding tert-OH is 1. The highest BCUT2D eigenvalue weighted by atomic mass is 35.5. The van der Waals surface area contributed by atoms with Crippen molar-refractivity contribution in [1.82, 2.24) is 39.6 Å². The van der Waals surface area contributed by atoms with Gasteiger partial charge in [0.15, 0.2) is 5.69 Å². The number of hydrogen-bond acceptors (Lipinski definition) is 19. The first-order chi connectivity index (χ1) is 41.0. The van der Waals surface area contributed by atoms with E-state index in [4.69, 9.17) is 66.6 Å². The van der Waals surface area contributed by atoms with Crippen molar-refractivity contribution in [2.75, 3.05) is 177 Å². The van der Waals surface area contributed by atoms with Gasteiger partial charge in [0.2, 0.25) is 11.8 Å². The molecule has 4 heterocycles. The molecule has 0 saturated carbocycles. The maximum absolute atomic E-state index is 14.4. The van der Waals surface area contributed by atoms with E-state index in [9.17, 15) is 39.0 Å². The molecule has 2 saturated heterocycles. The predicted molar refractivity (Wildman–Crippen MR) is 316 cm³/mol. The van der Waals surface area contributed by atoms with Crippen LogP contribution in [0.3, 0.4) is 0 Å². The number of aromatic nitrogens is 2. The fourth-order valence-electron chi connectivity index (χ4n) is 9.82. The first-order valence-electron chi connectivity index (χ1n) is 28.0. The van der Waals surface area contributed by atoms with Gasteiger partial charge in [-0.25, -0.2) is 4.68 Å². The molecular formula is C58H79Cl2N9O16. The van der Waals surface area contributed by atoms with Crippen molar-refractivity contribution in [3.63, 3.8) is 0 Å². The average molecular weight is 1230 g/mol. The van der Waals surface area contributed by atoms with Gasteiger partial charge >= 0.3 is 11.9 Å². The molecule has 7 rings (SSSR count). The summed E-state index contributed by atoms with van der Waals surface area (Å²) in [4.78, 5) is 83.8. The number of aldehydes is 1. The Hall–Kier alpha value is -6.33. The number of aliphatic hydroxyl groups is 1. The number of methoxy groups -OCH3 is 1. The largest absolute Gasteiger partial charge is 0.496 e. The number of anilines is 1. The second-order valence-corrected chi connectivity index (χ2v) is 21.5. The fraction of sp³-hybridized carbons (Fsp3) is 0.534. The molecule has 3 aliphatic rings. The van der Waals surface area contributed by atoms with E-state index < -0.39 is 17.5 Å². The van der Waals surface area contributed by atoms with Crippen LogP contribution in [0.25, 0.3) is 28.1 Å². The summed E-state index contributed by atoms with van der Waals surface area (Å²) in [6, 6.07) is 16.2. The molecule has 85 heavy (non-hydrogen) atoms. The summed E-state index contributed by atoms with van der Waals surface area (Å²) in [5.74, 6) is -1.64. The Morgan fingerprint density at radius 1 is 0.706 bits per heavy atom. The Bertz CT molecular complexity index is 2810. The predicted octanol–water partition coefficient (Wildman–Crippen LogP) is 3.37. The Morgan fingerprint density at radius 3 is 1.86 bits per heavy atom. The summed E-state index contributed by atoms with van der Waals surface area (Å²) < 4.78 is 42.1. The molecule has 4 aromatic rings. The molecule has 0 spiro atoms. The number of aliphatic carboxylic acids is 2. The Balaban J connectivity index is 0.00000572. The summed E-state index contributed by atoms with van der Waals surface area (Å²) in [5, 5.41) is 37.5. The third-order valence-corrected chi connectivity index (χ3v) is 14.5. The molecule has 25 nitrogen and oxygen atoms in total. The highest BCUT2D eigenvalue weighted by Gasteiger charge is 2.39. The van der Waals surface area contributed by atoms with E-state index in [-0.39, 0.29) is 89.0 Å². The zero-order chi connectivity index (χ0) is 61.3. The zero-order valence-electron chi connectivity index (χ0n) is 48.7. The van der Waals surface area contributed by atoms with Crippen molar-refractivity contribution in [3.8, 4) is 39.6 Å².